The van der Waals surface area contributed by atoms with Crippen molar-refractivity contribution in [3.05, 3.63) is 60.4 Å². The van der Waals surface area contributed by atoms with Gasteiger partial charge in [0.25, 0.3) is 0 Å². The highest BCUT2D eigenvalue weighted by Crippen LogP contribution is 2.21. The van der Waals surface area contributed by atoms with Crippen molar-refractivity contribution in [1.82, 2.24) is 0 Å². The molecular weight excluding hydrogens is 199 g/mol. The molecule has 0 aliphatic rings. The van der Waals surface area contributed by atoms with Crippen LogP contribution in [0.25, 0.3) is 11.1 Å². The van der Waals surface area contributed by atoms with Crippen molar-refractivity contribution in [2.45, 2.75) is 0 Å². The molecule has 0 heterocycles. The molecule has 0 aliphatic heterocycles. The largest absolute Gasteiger partial charge is 0.206 e. The summed E-state index contributed by atoms with van der Waals surface area (Å²) in [4.78, 5) is 0. The van der Waals surface area contributed by atoms with Gasteiger partial charge in [0.2, 0.25) is 0 Å². The molecule has 0 aliphatic carbocycles. The molecule has 2 aromatic carbocycles. The molecule has 0 N–H and O–H groups in total. The number of hydrogen-bond donors (Lipinski definition) is 0. The number of benzene rings is 2. The summed E-state index contributed by atoms with van der Waals surface area (Å²) >= 11 is 0. The van der Waals surface area contributed by atoms with Gasteiger partial charge in [-0.1, -0.05) is 48.5 Å². The van der Waals surface area contributed by atoms with E-state index in [-0.39, 0.29) is 18.2 Å². The standard InChI is InChI=1S/C12H9F.ClH/c13-12-9-5-4-8-11(12)10-6-2-1-3-7-10;/h1-9H;1H. The van der Waals surface area contributed by atoms with Gasteiger partial charge in [0.1, 0.15) is 5.82 Å². The Hall–Kier alpha value is -1.34. The van der Waals surface area contributed by atoms with E-state index in [4.69, 9.17) is 0 Å². The minimum Gasteiger partial charge on any atom is -0.206 e. The molecule has 2 rings (SSSR count). The van der Waals surface area contributed by atoms with Crippen molar-refractivity contribution >= 4 is 12.4 Å². The van der Waals surface area contributed by atoms with E-state index in [0.717, 1.165) is 5.56 Å². The third-order valence-electron chi connectivity index (χ3n) is 1.96. The van der Waals surface area contributed by atoms with Crippen LogP contribution in [0.4, 0.5) is 4.39 Å². The molecule has 0 nitrogen and oxygen atoms in total. The maximum Gasteiger partial charge on any atom is 0.131 e. The van der Waals surface area contributed by atoms with Gasteiger partial charge in [0.15, 0.2) is 0 Å². The molecule has 0 aromatic heterocycles. The Morgan fingerprint density at radius 3 is 1.93 bits per heavy atom. The first-order valence-corrected chi connectivity index (χ1v) is 4.18. The second-order valence-electron chi connectivity index (χ2n) is 2.85. The zero-order valence-electron chi connectivity index (χ0n) is 7.48. The molecule has 0 bridgehead atoms. The van der Waals surface area contributed by atoms with E-state index in [1.165, 1.54) is 6.07 Å². The monoisotopic (exact) mass is 208 g/mol. The molecule has 0 amide bonds. The Morgan fingerprint density at radius 1 is 0.714 bits per heavy atom. The van der Waals surface area contributed by atoms with Crippen LogP contribution in [0, 0.1) is 5.82 Å². The van der Waals surface area contributed by atoms with Crippen LogP contribution in [0.15, 0.2) is 54.6 Å². The van der Waals surface area contributed by atoms with Crippen LogP contribution in [-0.2, 0) is 0 Å². The molecular formula is C12H10ClF. The Kier molecular flexibility index (Phi) is 3.66. The topological polar surface area (TPSA) is 0 Å². The highest BCUT2D eigenvalue weighted by atomic mass is 35.5. The van der Waals surface area contributed by atoms with Crippen LogP contribution in [0.3, 0.4) is 0 Å². The molecule has 2 aromatic rings. The van der Waals surface area contributed by atoms with E-state index in [1.807, 2.05) is 36.4 Å². The summed E-state index contributed by atoms with van der Waals surface area (Å²) in [5.74, 6) is -0.172. The fraction of sp³-hybridized carbons (Fsp3) is 0. The van der Waals surface area contributed by atoms with Crippen molar-refractivity contribution in [2.75, 3.05) is 0 Å². The first-order chi connectivity index (χ1) is 6.38. The van der Waals surface area contributed by atoms with Crippen molar-refractivity contribution in [1.29, 1.82) is 0 Å². The van der Waals surface area contributed by atoms with Gasteiger partial charge in [-0.2, -0.15) is 0 Å². The van der Waals surface area contributed by atoms with Crippen molar-refractivity contribution in [3.63, 3.8) is 0 Å². The Morgan fingerprint density at radius 2 is 1.29 bits per heavy atom. The maximum atomic E-state index is 13.3. The Labute approximate surface area is 88.8 Å². The summed E-state index contributed by atoms with van der Waals surface area (Å²) in [7, 11) is 0. The number of halogens is 2. The molecule has 0 atom stereocenters. The van der Waals surface area contributed by atoms with Crippen LogP contribution in [0.2, 0.25) is 0 Å². The lowest BCUT2D eigenvalue weighted by atomic mass is 10.1. The van der Waals surface area contributed by atoms with Gasteiger partial charge in [0, 0.05) is 5.56 Å². The first kappa shape index (κ1) is 10.7. The maximum absolute atomic E-state index is 13.3. The van der Waals surface area contributed by atoms with Crippen molar-refractivity contribution < 1.29 is 4.39 Å². The van der Waals surface area contributed by atoms with Crippen LogP contribution >= 0.6 is 12.4 Å². The normalized spacial score (nSPS) is 9.21. The van der Waals surface area contributed by atoms with E-state index >= 15 is 0 Å². The average Bonchev–Trinajstić information content (AvgIpc) is 2.20. The second kappa shape index (κ2) is 4.77. The fourth-order valence-electron chi connectivity index (χ4n) is 1.31. The summed E-state index contributed by atoms with van der Waals surface area (Å²) in [6.45, 7) is 0. The average molecular weight is 209 g/mol. The quantitative estimate of drug-likeness (QED) is 0.667. The van der Waals surface area contributed by atoms with Crippen LogP contribution < -0.4 is 0 Å². The number of hydrogen-bond acceptors (Lipinski definition) is 0. The first-order valence-electron chi connectivity index (χ1n) is 4.18. The van der Waals surface area contributed by atoms with Crippen LogP contribution in [0.5, 0.6) is 0 Å². The van der Waals surface area contributed by atoms with Crippen LogP contribution in [-0.4, -0.2) is 0 Å². The second-order valence-corrected chi connectivity index (χ2v) is 2.85. The predicted octanol–water partition coefficient (Wildman–Crippen LogP) is 3.91. The smallest absolute Gasteiger partial charge is 0.131 e. The van der Waals surface area contributed by atoms with Crippen LogP contribution in [0.1, 0.15) is 0 Å². The molecule has 0 radical (unpaired) electrons. The minimum absolute atomic E-state index is 0. The Bertz CT molecular complexity index is 398. The molecule has 0 spiro atoms. The molecule has 2 heteroatoms. The van der Waals surface area contributed by atoms with Gasteiger partial charge in [-0.25, -0.2) is 4.39 Å². The van der Waals surface area contributed by atoms with Gasteiger partial charge in [-0.15, -0.1) is 12.4 Å². The molecule has 72 valence electrons. The van der Waals surface area contributed by atoms with E-state index in [0.29, 0.717) is 5.56 Å². The van der Waals surface area contributed by atoms with Gasteiger partial charge in [0.05, 0.1) is 0 Å². The van der Waals surface area contributed by atoms with Gasteiger partial charge in [-0.3, -0.25) is 0 Å². The van der Waals surface area contributed by atoms with E-state index in [2.05, 4.69) is 0 Å². The lowest BCUT2D eigenvalue weighted by Crippen LogP contribution is -1.81. The SMILES string of the molecule is Cl.Fc1ccccc1-c1ccccc1. The highest BCUT2D eigenvalue weighted by Gasteiger charge is 2.01. The van der Waals surface area contributed by atoms with Gasteiger partial charge >= 0.3 is 0 Å². The predicted molar refractivity (Wildman–Crippen MR) is 59.1 cm³/mol. The summed E-state index contributed by atoms with van der Waals surface area (Å²) in [5, 5.41) is 0. The molecule has 0 saturated carbocycles. The minimum atomic E-state index is -0.172. The zero-order chi connectivity index (χ0) is 9.10. The van der Waals surface area contributed by atoms with Gasteiger partial charge < -0.3 is 0 Å². The van der Waals surface area contributed by atoms with Gasteiger partial charge in [-0.05, 0) is 11.6 Å². The lowest BCUT2D eigenvalue weighted by Gasteiger charge is -2.01. The molecule has 0 unspecified atom stereocenters. The summed E-state index contributed by atoms with van der Waals surface area (Å²) in [6.07, 6.45) is 0. The summed E-state index contributed by atoms with van der Waals surface area (Å²) in [6, 6.07) is 16.3. The highest BCUT2D eigenvalue weighted by molar-refractivity contribution is 5.85. The van der Waals surface area contributed by atoms with E-state index < -0.39 is 0 Å². The Balaban J connectivity index is 0.000000980. The third kappa shape index (κ3) is 2.12. The molecule has 0 fully saturated rings. The third-order valence-corrected chi connectivity index (χ3v) is 1.96. The summed E-state index contributed by atoms with van der Waals surface area (Å²) < 4.78 is 13.3. The van der Waals surface area contributed by atoms with Crippen molar-refractivity contribution in [3.8, 4) is 11.1 Å². The lowest BCUT2D eigenvalue weighted by molar-refractivity contribution is 0.631. The zero-order valence-corrected chi connectivity index (χ0v) is 8.30. The fourth-order valence-corrected chi connectivity index (χ4v) is 1.31. The van der Waals surface area contributed by atoms with Crippen molar-refractivity contribution in [2.24, 2.45) is 0 Å². The van der Waals surface area contributed by atoms with E-state index in [1.54, 1.807) is 12.1 Å². The molecule has 14 heavy (non-hydrogen) atoms. The van der Waals surface area contributed by atoms with E-state index in [9.17, 15) is 4.39 Å². The molecule has 0 saturated heterocycles. The number of rotatable bonds is 1. The summed E-state index contributed by atoms with van der Waals surface area (Å²) in [5.41, 5.74) is 1.57.